The summed E-state index contributed by atoms with van der Waals surface area (Å²) in [5.74, 6) is 0.253. The van der Waals surface area contributed by atoms with Crippen LogP contribution in [0.4, 0.5) is 0 Å². The van der Waals surface area contributed by atoms with Crippen LogP contribution in [-0.2, 0) is 15.2 Å². The van der Waals surface area contributed by atoms with Gasteiger partial charge in [0, 0.05) is 0 Å². The summed E-state index contributed by atoms with van der Waals surface area (Å²) in [4.78, 5) is 0.436. The van der Waals surface area contributed by atoms with Crippen molar-refractivity contribution in [1.29, 1.82) is 0 Å². The molecule has 0 atom stereocenters. The van der Waals surface area contributed by atoms with Crippen molar-refractivity contribution < 1.29 is 8.42 Å². The van der Waals surface area contributed by atoms with Crippen molar-refractivity contribution in [2.75, 3.05) is 5.75 Å². The summed E-state index contributed by atoms with van der Waals surface area (Å²) in [6.45, 7) is 2.07. The molecule has 0 fully saturated rings. The number of aryl methyl sites for hydroxylation is 1. The van der Waals surface area contributed by atoms with Gasteiger partial charge in [-0.15, -0.1) is 0 Å². The van der Waals surface area contributed by atoms with Crippen LogP contribution in [0.15, 0.2) is 59.5 Å². The quantitative estimate of drug-likeness (QED) is 0.591. The molecule has 0 N–H and O–H groups in total. The number of hydrogen-bond acceptors (Lipinski definition) is 2. The number of sulfone groups is 1. The Morgan fingerprint density at radius 1 is 0.950 bits per heavy atom. The Kier molecular flexibility index (Phi) is 5.41. The van der Waals surface area contributed by atoms with E-state index in [1.807, 2.05) is 6.07 Å². The molecular formula is C16H18O2SSe. The Hall–Kier alpha value is -1.09. The first-order valence-corrected chi connectivity index (χ1v) is 10.6. The monoisotopic (exact) mass is 354 g/mol. The molecule has 0 aliphatic rings. The molecule has 0 heterocycles. The maximum absolute atomic E-state index is 12.1. The Morgan fingerprint density at radius 3 is 2.25 bits per heavy atom. The summed E-state index contributed by atoms with van der Waals surface area (Å²) in [5.41, 5.74) is 2.56. The van der Waals surface area contributed by atoms with Gasteiger partial charge in [0.15, 0.2) is 0 Å². The van der Waals surface area contributed by atoms with E-state index in [2.05, 4.69) is 31.2 Å². The first kappa shape index (κ1) is 15.3. The molecule has 2 aromatic rings. The van der Waals surface area contributed by atoms with Crippen molar-refractivity contribution in [1.82, 2.24) is 0 Å². The van der Waals surface area contributed by atoms with Crippen LogP contribution in [-0.4, -0.2) is 29.1 Å². The molecule has 0 aliphatic heterocycles. The minimum atomic E-state index is -3.11. The SMILES string of the molecule is Cc1ccc(C[Se]CCS(=O)(=O)c2ccccc2)cc1. The van der Waals surface area contributed by atoms with Crippen LogP contribution in [0.2, 0.25) is 5.32 Å². The van der Waals surface area contributed by atoms with Gasteiger partial charge in [0.25, 0.3) is 0 Å². The molecule has 106 valence electrons. The molecule has 2 aromatic carbocycles. The topological polar surface area (TPSA) is 34.1 Å². The average molecular weight is 353 g/mol. The molecular weight excluding hydrogens is 335 g/mol. The summed E-state index contributed by atoms with van der Waals surface area (Å²) in [5, 5.41) is 1.76. The molecule has 0 saturated heterocycles. The fourth-order valence-electron chi connectivity index (χ4n) is 1.79. The van der Waals surface area contributed by atoms with Crippen LogP contribution in [0.25, 0.3) is 0 Å². The van der Waals surface area contributed by atoms with Crippen LogP contribution >= 0.6 is 0 Å². The predicted octanol–water partition coefficient (Wildman–Crippen LogP) is 3.09. The van der Waals surface area contributed by atoms with E-state index in [0.29, 0.717) is 19.9 Å². The zero-order valence-electron chi connectivity index (χ0n) is 11.5. The van der Waals surface area contributed by atoms with Crippen LogP contribution in [0.5, 0.6) is 0 Å². The zero-order valence-corrected chi connectivity index (χ0v) is 14.0. The second-order valence-electron chi connectivity index (χ2n) is 4.67. The van der Waals surface area contributed by atoms with Crippen molar-refractivity contribution >= 4 is 24.8 Å². The standard InChI is InChI=1S/C16H18O2SSe/c1-14-7-9-15(10-8-14)13-20-12-11-19(17,18)16-5-3-2-4-6-16/h2-10H,11-13H2,1H3. The molecule has 0 radical (unpaired) electrons. The number of benzene rings is 2. The van der Waals surface area contributed by atoms with Crippen LogP contribution < -0.4 is 0 Å². The second kappa shape index (κ2) is 7.07. The fraction of sp³-hybridized carbons (Fsp3) is 0.250. The molecule has 0 unspecified atom stereocenters. The van der Waals surface area contributed by atoms with Gasteiger partial charge in [-0.3, -0.25) is 0 Å². The number of rotatable bonds is 6. The van der Waals surface area contributed by atoms with Crippen molar-refractivity contribution in [2.45, 2.75) is 22.5 Å². The second-order valence-corrected chi connectivity index (χ2v) is 9.10. The van der Waals surface area contributed by atoms with Gasteiger partial charge in [-0.25, -0.2) is 0 Å². The normalized spacial score (nSPS) is 11.4. The van der Waals surface area contributed by atoms with Gasteiger partial charge in [0.1, 0.15) is 0 Å². The van der Waals surface area contributed by atoms with Gasteiger partial charge in [-0.1, -0.05) is 0 Å². The first-order chi connectivity index (χ1) is 9.58. The molecule has 2 rings (SSSR count). The summed E-state index contributed by atoms with van der Waals surface area (Å²) in [6.07, 6.45) is 0. The van der Waals surface area contributed by atoms with Crippen molar-refractivity contribution in [3.8, 4) is 0 Å². The summed E-state index contributed by atoms with van der Waals surface area (Å²) >= 11 is 0.330. The Bertz CT molecular complexity index is 634. The van der Waals surface area contributed by atoms with Crippen LogP contribution in [0.3, 0.4) is 0 Å². The van der Waals surface area contributed by atoms with Crippen LogP contribution in [0.1, 0.15) is 11.1 Å². The number of hydrogen-bond donors (Lipinski definition) is 0. The molecule has 0 amide bonds. The summed E-state index contributed by atoms with van der Waals surface area (Å²) < 4.78 is 24.2. The molecule has 0 bridgehead atoms. The van der Waals surface area contributed by atoms with E-state index in [0.717, 1.165) is 10.6 Å². The minimum absolute atomic E-state index is 0.253. The first-order valence-electron chi connectivity index (χ1n) is 6.49. The predicted molar refractivity (Wildman–Crippen MR) is 83.9 cm³/mol. The van der Waals surface area contributed by atoms with Gasteiger partial charge < -0.3 is 0 Å². The van der Waals surface area contributed by atoms with Gasteiger partial charge in [-0.05, 0) is 0 Å². The van der Waals surface area contributed by atoms with Gasteiger partial charge >= 0.3 is 127 Å². The van der Waals surface area contributed by atoms with E-state index in [1.165, 1.54) is 11.1 Å². The molecule has 0 saturated carbocycles. The van der Waals surface area contributed by atoms with E-state index in [-0.39, 0.29) is 5.75 Å². The zero-order chi connectivity index (χ0) is 14.4. The van der Waals surface area contributed by atoms with Gasteiger partial charge in [0.2, 0.25) is 0 Å². The Balaban J connectivity index is 1.83. The molecule has 0 spiro atoms. The molecule has 0 aromatic heterocycles. The van der Waals surface area contributed by atoms with Crippen molar-refractivity contribution in [3.05, 3.63) is 65.7 Å². The fourth-order valence-corrected chi connectivity index (χ4v) is 6.26. The van der Waals surface area contributed by atoms with E-state index in [4.69, 9.17) is 0 Å². The van der Waals surface area contributed by atoms with E-state index >= 15 is 0 Å². The molecule has 4 heteroatoms. The van der Waals surface area contributed by atoms with Crippen molar-refractivity contribution in [3.63, 3.8) is 0 Å². The third kappa shape index (κ3) is 4.48. The Labute approximate surface area is 127 Å². The molecule has 2 nitrogen and oxygen atoms in total. The maximum atomic E-state index is 12.1. The molecule has 0 aliphatic carbocycles. The summed E-state index contributed by atoms with van der Waals surface area (Å²) in [7, 11) is -3.11. The van der Waals surface area contributed by atoms with E-state index in [9.17, 15) is 8.42 Å². The van der Waals surface area contributed by atoms with Gasteiger partial charge in [-0.2, -0.15) is 0 Å². The van der Waals surface area contributed by atoms with Crippen molar-refractivity contribution in [2.24, 2.45) is 0 Å². The average Bonchev–Trinajstić information content (AvgIpc) is 2.46. The van der Waals surface area contributed by atoms with Crippen LogP contribution in [0, 0.1) is 6.92 Å². The van der Waals surface area contributed by atoms with E-state index in [1.54, 1.807) is 24.3 Å². The third-order valence-corrected chi connectivity index (χ3v) is 7.46. The summed E-state index contributed by atoms with van der Waals surface area (Å²) in [6, 6.07) is 17.2. The Morgan fingerprint density at radius 2 is 1.60 bits per heavy atom. The van der Waals surface area contributed by atoms with Gasteiger partial charge in [0.05, 0.1) is 0 Å². The third-order valence-electron chi connectivity index (χ3n) is 2.99. The van der Waals surface area contributed by atoms with E-state index < -0.39 is 9.84 Å². The molecule has 20 heavy (non-hydrogen) atoms.